The number of ether oxygens (including phenoxy) is 1. The smallest absolute Gasteiger partial charge is 0.324 e. The molecule has 0 unspecified atom stereocenters. The van der Waals surface area contributed by atoms with E-state index in [1.807, 2.05) is 30.5 Å². The highest BCUT2D eigenvalue weighted by molar-refractivity contribution is 5.83. The van der Waals surface area contributed by atoms with Crippen LogP contribution in [0.15, 0.2) is 42.6 Å². The van der Waals surface area contributed by atoms with Crippen LogP contribution in [0.25, 0.3) is 10.9 Å². The largest absolute Gasteiger partial charge is 0.497 e. The maximum absolute atomic E-state index is 10.4. The number of hydrogen-bond donors (Lipinski definition) is 1. The number of benzene rings is 2. The first-order valence-corrected chi connectivity index (χ1v) is 7.85. The molecule has 0 fully saturated rings. The lowest BCUT2D eigenvalue weighted by Gasteiger charge is -2.03. The van der Waals surface area contributed by atoms with Crippen molar-refractivity contribution in [1.29, 1.82) is 0 Å². The molecule has 3 aromatic rings. The van der Waals surface area contributed by atoms with Crippen molar-refractivity contribution < 1.29 is 24.6 Å². The quantitative estimate of drug-likeness (QED) is 0.504. The van der Waals surface area contributed by atoms with Gasteiger partial charge in [-0.25, -0.2) is 0 Å². The third kappa shape index (κ3) is 4.68. The lowest BCUT2D eigenvalue weighted by atomic mass is 10.1. The van der Waals surface area contributed by atoms with Crippen molar-refractivity contribution in [1.82, 2.24) is 4.98 Å². The van der Waals surface area contributed by atoms with Crippen LogP contribution in [0.3, 0.4) is 0 Å². The van der Waals surface area contributed by atoms with E-state index in [9.17, 15) is 30.3 Å². The molecule has 0 atom stereocenters. The van der Waals surface area contributed by atoms with E-state index in [2.05, 4.69) is 11.9 Å². The van der Waals surface area contributed by atoms with Gasteiger partial charge >= 0.3 is 11.4 Å². The van der Waals surface area contributed by atoms with E-state index in [0.29, 0.717) is 12.1 Å². The van der Waals surface area contributed by atoms with E-state index in [1.54, 1.807) is 7.11 Å². The van der Waals surface area contributed by atoms with E-state index in [4.69, 9.17) is 9.84 Å². The average molecular weight is 402 g/mol. The van der Waals surface area contributed by atoms with Crippen LogP contribution >= 0.6 is 0 Å². The van der Waals surface area contributed by atoms with Crippen LogP contribution in [-0.4, -0.2) is 32.0 Å². The third-order valence-corrected chi connectivity index (χ3v) is 3.83. The zero-order valence-corrected chi connectivity index (χ0v) is 15.1. The van der Waals surface area contributed by atoms with E-state index < -0.39 is 37.6 Å². The van der Waals surface area contributed by atoms with Crippen molar-refractivity contribution in [2.75, 3.05) is 7.11 Å². The zero-order valence-electron chi connectivity index (χ0n) is 15.1. The number of aryl methyl sites for hydroxylation is 1. The van der Waals surface area contributed by atoms with Crippen molar-refractivity contribution in [3.8, 4) is 11.5 Å². The molecule has 0 bridgehead atoms. The van der Waals surface area contributed by atoms with Crippen LogP contribution < -0.4 is 4.74 Å². The molecule has 0 aliphatic rings. The summed E-state index contributed by atoms with van der Waals surface area (Å²) in [6, 6.07) is 8.81. The molecule has 0 radical (unpaired) electrons. The second kappa shape index (κ2) is 8.56. The predicted octanol–water partition coefficient (Wildman–Crippen LogP) is 3.67. The second-order valence-electron chi connectivity index (χ2n) is 5.61. The second-order valence-corrected chi connectivity index (χ2v) is 5.61. The van der Waals surface area contributed by atoms with Gasteiger partial charge in [0.15, 0.2) is 0 Å². The summed E-state index contributed by atoms with van der Waals surface area (Å²) in [6.45, 7) is 2.07. The Hall–Kier alpha value is -4.35. The molecular formula is C17H14N4O8. The molecule has 2 aromatic carbocycles. The van der Waals surface area contributed by atoms with Gasteiger partial charge in [-0.15, -0.1) is 0 Å². The Bertz CT molecular complexity index is 1080. The molecule has 0 amide bonds. The normalized spacial score (nSPS) is 10.0. The Balaban J connectivity index is 0.000000211. The summed E-state index contributed by atoms with van der Waals surface area (Å²) in [5.41, 5.74) is -0.761. The summed E-state index contributed by atoms with van der Waals surface area (Å²) in [5, 5.41) is 41.4. The molecule has 1 aromatic heterocycles. The summed E-state index contributed by atoms with van der Waals surface area (Å²) in [4.78, 5) is 32.0. The van der Waals surface area contributed by atoms with E-state index in [0.717, 1.165) is 16.7 Å². The fraction of sp³-hybridized carbons (Fsp3) is 0.118. The fourth-order valence-electron chi connectivity index (χ4n) is 2.36. The molecule has 0 saturated heterocycles. The Morgan fingerprint density at radius 2 is 1.52 bits per heavy atom. The minimum Gasteiger partial charge on any atom is -0.497 e. The SMILES string of the molecule is COc1ccc2nccc(C)c2c1.O=[N+]([O-])c1cc([N+](=O)[O-])c(O)c([N+](=O)[O-])c1. The van der Waals surface area contributed by atoms with Gasteiger partial charge < -0.3 is 9.84 Å². The summed E-state index contributed by atoms with van der Waals surface area (Å²) >= 11 is 0. The molecule has 0 aliphatic heterocycles. The van der Waals surface area contributed by atoms with Gasteiger partial charge in [-0.2, -0.15) is 0 Å². The molecule has 0 spiro atoms. The number of aromatic hydroxyl groups is 1. The summed E-state index contributed by atoms with van der Waals surface area (Å²) in [6.07, 6.45) is 1.82. The highest BCUT2D eigenvalue weighted by atomic mass is 16.6. The number of nitro benzene ring substituents is 3. The Morgan fingerprint density at radius 1 is 0.931 bits per heavy atom. The number of phenols is 1. The standard InChI is InChI=1S/C11H11NO.C6H3N3O7/c1-8-5-6-12-11-4-3-9(13-2)7-10(8)11;10-6-4(8(13)14)1-3(7(11)12)2-5(6)9(15)16/h3-7H,1-2H3;1-2,10H. The topological polar surface area (TPSA) is 172 Å². The van der Waals surface area contributed by atoms with Gasteiger partial charge in [0.1, 0.15) is 5.75 Å². The number of methoxy groups -OCH3 is 1. The van der Waals surface area contributed by atoms with Crippen LogP contribution in [0.4, 0.5) is 17.1 Å². The molecule has 3 rings (SSSR count). The maximum atomic E-state index is 10.4. The lowest BCUT2D eigenvalue weighted by molar-refractivity contribution is -0.404. The van der Waals surface area contributed by atoms with Crippen LogP contribution in [-0.2, 0) is 0 Å². The van der Waals surface area contributed by atoms with Crippen molar-refractivity contribution >= 4 is 28.0 Å². The van der Waals surface area contributed by atoms with Crippen LogP contribution in [0.5, 0.6) is 11.5 Å². The number of fused-ring (bicyclic) bond motifs is 1. The molecule has 1 heterocycles. The number of aromatic nitrogens is 1. The van der Waals surface area contributed by atoms with Crippen LogP contribution in [0.1, 0.15) is 5.56 Å². The third-order valence-electron chi connectivity index (χ3n) is 3.83. The first kappa shape index (κ1) is 21.0. The van der Waals surface area contributed by atoms with E-state index in [-0.39, 0.29) is 0 Å². The van der Waals surface area contributed by atoms with Gasteiger partial charge in [0.2, 0.25) is 0 Å². The molecule has 0 aliphatic carbocycles. The van der Waals surface area contributed by atoms with E-state index in [1.165, 1.54) is 5.56 Å². The minimum absolute atomic E-state index is 0.447. The molecule has 29 heavy (non-hydrogen) atoms. The molecule has 0 saturated carbocycles. The predicted molar refractivity (Wildman–Crippen MR) is 101 cm³/mol. The first-order valence-electron chi connectivity index (χ1n) is 7.85. The Kier molecular flexibility index (Phi) is 6.19. The van der Waals surface area contributed by atoms with Crippen LogP contribution in [0.2, 0.25) is 0 Å². The number of nitro groups is 3. The number of pyridine rings is 1. The van der Waals surface area contributed by atoms with Gasteiger partial charge in [0, 0.05) is 11.6 Å². The highest BCUT2D eigenvalue weighted by Crippen LogP contribution is 2.38. The minimum atomic E-state index is -1.21. The summed E-state index contributed by atoms with van der Waals surface area (Å²) < 4.78 is 5.15. The number of non-ortho nitro benzene ring substituents is 1. The van der Waals surface area contributed by atoms with Gasteiger partial charge in [0.25, 0.3) is 11.4 Å². The average Bonchev–Trinajstić information content (AvgIpc) is 2.68. The number of nitrogens with zero attached hydrogens (tertiary/aromatic N) is 4. The van der Waals surface area contributed by atoms with Crippen molar-refractivity contribution in [3.05, 3.63) is 78.5 Å². The van der Waals surface area contributed by atoms with Crippen molar-refractivity contribution in [2.24, 2.45) is 0 Å². The van der Waals surface area contributed by atoms with Crippen molar-refractivity contribution in [2.45, 2.75) is 6.92 Å². The molecule has 12 heteroatoms. The monoisotopic (exact) mass is 402 g/mol. The van der Waals surface area contributed by atoms with Gasteiger partial charge in [-0.3, -0.25) is 35.3 Å². The summed E-state index contributed by atoms with van der Waals surface area (Å²) in [5.74, 6) is -0.329. The van der Waals surface area contributed by atoms with Gasteiger partial charge in [0.05, 0.1) is 39.5 Å². The Morgan fingerprint density at radius 3 is 2.00 bits per heavy atom. The number of rotatable bonds is 4. The molecule has 12 nitrogen and oxygen atoms in total. The zero-order chi connectivity index (χ0) is 21.7. The molecule has 150 valence electrons. The maximum Gasteiger partial charge on any atom is 0.324 e. The lowest BCUT2D eigenvalue weighted by Crippen LogP contribution is -1.97. The molecule has 1 N–H and O–H groups in total. The number of phenolic OH excluding ortho intramolecular Hbond substituents is 1. The van der Waals surface area contributed by atoms with Crippen LogP contribution in [0, 0.1) is 37.3 Å². The molecular weight excluding hydrogens is 388 g/mol. The van der Waals surface area contributed by atoms with Crippen molar-refractivity contribution in [3.63, 3.8) is 0 Å². The highest BCUT2D eigenvalue weighted by Gasteiger charge is 2.30. The summed E-state index contributed by atoms with van der Waals surface area (Å²) in [7, 11) is 1.67. The van der Waals surface area contributed by atoms with Gasteiger partial charge in [-0.05, 0) is 36.8 Å². The van der Waals surface area contributed by atoms with Gasteiger partial charge in [-0.1, -0.05) is 0 Å². The van der Waals surface area contributed by atoms with E-state index >= 15 is 0 Å². The fourth-order valence-corrected chi connectivity index (χ4v) is 2.36. The Labute approximate surface area is 162 Å². The number of hydrogen-bond acceptors (Lipinski definition) is 9. The first-order chi connectivity index (χ1) is 13.6.